The van der Waals surface area contributed by atoms with E-state index in [1.807, 2.05) is 0 Å². The van der Waals surface area contributed by atoms with Gasteiger partial charge in [-0.25, -0.2) is 0 Å². The highest BCUT2D eigenvalue weighted by Gasteiger charge is 2.28. The standard InChI is InChI=1S/C34H72N2O3/c1-33(2,3)27-23-19-15-11-9-13-17-21-25-29-35(4)31-32-36(5)30-26-22-18-14-10-12-16-20-24-28-34(37-6,38-7)39-8/h9-32H2,1-8H3. The Morgan fingerprint density at radius 2 is 0.667 bits per heavy atom. The average molecular weight is 557 g/mol. The average Bonchev–Trinajstić information content (AvgIpc) is 2.91. The van der Waals surface area contributed by atoms with E-state index < -0.39 is 5.97 Å². The molecule has 0 saturated heterocycles. The van der Waals surface area contributed by atoms with E-state index in [1.165, 1.54) is 142 Å². The highest BCUT2D eigenvalue weighted by molar-refractivity contribution is 4.62. The Kier molecular flexibility index (Phi) is 25.4. The summed E-state index contributed by atoms with van der Waals surface area (Å²) in [5, 5.41) is 0. The monoisotopic (exact) mass is 557 g/mol. The van der Waals surface area contributed by atoms with Crippen molar-refractivity contribution in [3.05, 3.63) is 0 Å². The Bertz CT molecular complexity index is 497. The molecular weight excluding hydrogens is 484 g/mol. The van der Waals surface area contributed by atoms with Crippen LogP contribution in [0, 0.1) is 5.41 Å². The first-order valence-corrected chi connectivity index (χ1v) is 16.7. The number of likely N-dealkylation sites (N-methyl/N-ethyl adjacent to an activating group) is 2. The van der Waals surface area contributed by atoms with Crippen LogP contribution in [0.5, 0.6) is 0 Å². The lowest BCUT2D eigenvalue weighted by atomic mass is 9.89. The molecule has 0 amide bonds. The third-order valence-corrected chi connectivity index (χ3v) is 8.29. The maximum absolute atomic E-state index is 5.36. The second-order valence-corrected chi connectivity index (χ2v) is 13.3. The van der Waals surface area contributed by atoms with E-state index >= 15 is 0 Å². The molecule has 0 atom stereocenters. The van der Waals surface area contributed by atoms with Crippen LogP contribution in [0.3, 0.4) is 0 Å². The zero-order valence-electron chi connectivity index (χ0n) is 28.1. The third-order valence-electron chi connectivity index (χ3n) is 8.29. The van der Waals surface area contributed by atoms with Crippen molar-refractivity contribution in [2.75, 3.05) is 61.6 Å². The maximum atomic E-state index is 5.36. The van der Waals surface area contributed by atoms with Crippen LogP contribution in [-0.4, -0.2) is 77.4 Å². The minimum Gasteiger partial charge on any atom is -0.331 e. The van der Waals surface area contributed by atoms with E-state index in [0.717, 1.165) is 12.8 Å². The molecule has 0 bridgehead atoms. The van der Waals surface area contributed by atoms with Crippen LogP contribution >= 0.6 is 0 Å². The molecular formula is C34H72N2O3. The molecule has 39 heavy (non-hydrogen) atoms. The molecule has 0 aliphatic heterocycles. The Labute approximate surface area is 246 Å². The molecule has 0 fully saturated rings. The van der Waals surface area contributed by atoms with Gasteiger partial charge in [0.05, 0.1) is 0 Å². The van der Waals surface area contributed by atoms with Gasteiger partial charge in [-0.15, -0.1) is 0 Å². The van der Waals surface area contributed by atoms with E-state index in [0.29, 0.717) is 5.41 Å². The van der Waals surface area contributed by atoms with E-state index in [4.69, 9.17) is 14.2 Å². The van der Waals surface area contributed by atoms with Gasteiger partial charge in [0.15, 0.2) is 0 Å². The molecule has 0 aromatic carbocycles. The number of nitrogens with zero attached hydrogens (tertiary/aromatic N) is 2. The second kappa shape index (κ2) is 25.5. The summed E-state index contributed by atoms with van der Waals surface area (Å²) in [4.78, 5) is 5.06. The summed E-state index contributed by atoms with van der Waals surface area (Å²) in [7, 11) is 9.52. The van der Waals surface area contributed by atoms with Crippen molar-refractivity contribution in [3.63, 3.8) is 0 Å². The molecule has 0 aromatic heterocycles. The van der Waals surface area contributed by atoms with Crippen molar-refractivity contribution >= 4 is 0 Å². The van der Waals surface area contributed by atoms with E-state index in [2.05, 4.69) is 44.7 Å². The molecule has 236 valence electrons. The minimum absolute atomic E-state index is 0.513. The van der Waals surface area contributed by atoms with Crippen LogP contribution < -0.4 is 0 Å². The van der Waals surface area contributed by atoms with Gasteiger partial charge in [-0.2, -0.15) is 0 Å². The number of rotatable bonds is 29. The lowest BCUT2D eigenvalue weighted by Crippen LogP contribution is -2.35. The molecule has 0 rings (SSSR count). The fourth-order valence-corrected chi connectivity index (χ4v) is 5.36. The van der Waals surface area contributed by atoms with Gasteiger partial charge in [0.1, 0.15) is 0 Å². The van der Waals surface area contributed by atoms with Gasteiger partial charge < -0.3 is 24.0 Å². The van der Waals surface area contributed by atoms with Crippen molar-refractivity contribution in [2.24, 2.45) is 5.41 Å². The topological polar surface area (TPSA) is 34.2 Å². The van der Waals surface area contributed by atoms with Crippen molar-refractivity contribution in [2.45, 2.75) is 155 Å². The maximum Gasteiger partial charge on any atom is 0.282 e. The predicted octanol–water partition coefficient (Wildman–Crippen LogP) is 9.29. The van der Waals surface area contributed by atoms with Gasteiger partial charge in [-0.05, 0) is 58.3 Å². The number of ether oxygens (including phenoxy) is 3. The smallest absolute Gasteiger partial charge is 0.282 e. The lowest BCUT2D eigenvalue weighted by molar-refractivity contribution is -0.355. The zero-order chi connectivity index (χ0) is 29.2. The van der Waals surface area contributed by atoms with Crippen LogP contribution in [-0.2, 0) is 14.2 Å². The Hall–Kier alpha value is -0.200. The summed E-state index contributed by atoms with van der Waals surface area (Å²) in [6, 6.07) is 0. The molecule has 0 spiro atoms. The fourth-order valence-electron chi connectivity index (χ4n) is 5.36. The van der Waals surface area contributed by atoms with Gasteiger partial charge in [-0.1, -0.05) is 117 Å². The van der Waals surface area contributed by atoms with Crippen LogP contribution in [0.25, 0.3) is 0 Å². The lowest BCUT2D eigenvalue weighted by Gasteiger charge is -2.28. The Morgan fingerprint density at radius 1 is 0.385 bits per heavy atom. The summed E-state index contributed by atoms with van der Waals surface area (Å²) in [6.07, 6.45) is 26.7. The molecule has 5 nitrogen and oxygen atoms in total. The Morgan fingerprint density at radius 3 is 0.974 bits per heavy atom. The first kappa shape index (κ1) is 38.8. The largest absolute Gasteiger partial charge is 0.331 e. The van der Waals surface area contributed by atoms with Gasteiger partial charge in [-0.3, -0.25) is 0 Å². The SMILES string of the molecule is COC(CCCCCCCCCCCN(C)CCN(C)CCCCCCCCCCCC(C)(C)C)(OC)OC. The van der Waals surface area contributed by atoms with Gasteiger partial charge in [0.2, 0.25) is 0 Å². The molecule has 0 saturated carbocycles. The number of unbranched alkanes of at least 4 members (excludes halogenated alkanes) is 16. The predicted molar refractivity (Wildman–Crippen MR) is 171 cm³/mol. The van der Waals surface area contributed by atoms with Crippen molar-refractivity contribution in [1.29, 1.82) is 0 Å². The molecule has 5 heteroatoms. The zero-order valence-corrected chi connectivity index (χ0v) is 28.1. The number of hydrogen-bond acceptors (Lipinski definition) is 5. The molecule has 0 unspecified atom stereocenters. The van der Waals surface area contributed by atoms with E-state index in [9.17, 15) is 0 Å². The van der Waals surface area contributed by atoms with Crippen molar-refractivity contribution in [1.82, 2.24) is 9.80 Å². The highest BCUT2D eigenvalue weighted by Crippen LogP contribution is 2.23. The molecule has 0 N–H and O–H groups in total. The van der Waals surface area contributed by atoms with Gasteiger partial charge in [0.25, 0.3) is 5.97 Å². The van der Waals surface area contributed by atoms with Gasteiger partial charge >= 0.3 is 0 Å². The van der Waals surface area contributed by atoms with Gasteiger partial charge in [0, 0.05) is 40.8 Å². The van der Waals surface area contributed by atoms with E-state index in [-0.39, 0.29) is 0 Å². The normalized spacial score (nSPS) is 12.8. The summed E-state index contributed by atoms with van der Waals surface area (Å²) in [5.74, 6) is -0.854. The summed E-state index contributed by atoms with van der Waals surface area (Å²) < 4.78 is 16.1. The first-order valence-electron chi connectivity index (χ1n) is 16.7. The van der Waals surface area contributed by atoms with Crippen LogP contribution in [0.15, 0.2) is 0 Å². The summed E-state index contributed by atoms with van der Waals surface area (Å²) in [5.41, 5.74) is 0.513. The quantitative estimate of drug-likeness (QED) is 0.0677. The number of methoxy groups -OCH3 is 3. The molecule has 0 heterocycles. The molecule has 0 aliphatic carbocycles. The molecule has 0 aromatic rings. The second-order valence-electron chi connectivity index (χ2n) is 13.3. The van der Waals surface area contributed by atoms with Crippen LogP contribution in [0.1, 0.15) is 149 Å². The van der Waals surface area contributed by atoms with Crippen LogP contribution in [0.2, 0.25) is 0 Å². The van der Waals surface area contributed by atoms with E-state index in [1.54, 1.807) is 21.3 Å². The van der Waals surface area contributed by atoms with Crippen molar-refractivity contribution < 1.29 is 14.2 Å². The summed E-state index contributed by atoms with van der Waals surface area (Å²) >= 11 is 0. The van der Waals surface area contributed by atoms with Crippen molar-refractivity contribution in [3.8, 4) is 0 Å². The summed E-state index contributed by atoms with van der Waals surface area (Å²) in [6.45, 7) is 12.0. The molecule has 0 aliphatic rings. The minimum atomic E-state index is -0.854. The Balaban J connectivity index is 3.42. The molecule has 0 radical (unpaired) electrons. The van der Waals surface area contributed by atoms with Crippen LogP contribution in [0.4, 0.5) is 0 Å². The highest BCUT2D eigenvalue weighted by atomic mass is 16.9. The first-order chi connectivity index (χ1) is 18.7. The number of hydrogen-bond donors (Lipinski definition) is 0. The fraction of sp³-hybridized carbons (Fsp3) is 1.00. The third kappa shape index (κ3) is 25.3.